The fraction of sp³-hybridized carbons (Fsp3) is 0.455. The lowest BCUT2D eigenvalue weighted by Gasteiger charge is -2.11. The molecule has 0 spiro atoms. The quantitative estimate of drug-likeness (QED) is 0.801. The highest BCUT2D eigenvalue weighted by atomic mass is 16.5. The molecule has 2 rings (SSSR count). The van der Waals surface area contributed by atoms with Crippen LogP contribution in [-0.2, 0) is 11.2 Å². The normalized spacial score (nSPS) is 17.7. The van der Waals surface area contributed by atoms with Gasteiger partial charge in [0.1, 0.15) is 17.6 Å². The summed E-state index contributed by atoms with van der Waals surface area (Å²) in [5.41, 5.74) is 0.820. The van der Waals surface area contributed by atoms with Crippen LogP contribution in [0.3, 0.4) is 0 Å². The van der Waals surface area contributed by atoms with Crippen LogP contribution in [0.2, 0.25) is 0 Å². The standard InChI is InChI=1S/C11H14O3/c1-2-9-8(5-7-14-9)11(12)10-4-3-6-13-10/h4-5,7,11-12H,2-3,6H2,1H3. The van der Waals surface area contributed by atoms with E-state index in [1.54, 1.807) is 12.3 Å². The summed E-state index contributed by atoms with van der Waals surface area (Å²) < 4.78 is 10.6. The smallest absolute Gasteiger partial charge is 0.139 e. The maximum atomic E-state index is 9.97. The second-order valence-electron chi connectivity index (χ2n) is 3.30. The number of hydrogen-bond donors (Lipinski definition) is 1. The molecule has 1 unspecified atom stereocenters. The second kappa shape index (κ2) is 3.88. The highest BCUT2D eigenvalue weighted by Crippen LogP contribution is 2.29. The molecule has 0 aromatic carbocycles. The van der Waals surface area contributed by atoms with Gasteiger partial charge in [-0.2, -0.15) is 0 Å². The number of rotatable bonds is 3. The van der Waals surface area contributed by atoms with Crippen molar-refractivity contribution in [3.63, 3.8) is 0 Å². The molecule has 3 nitrogen and oxygen atoms in total. The molecule has 0 fully saturated rings. The van der Waals surface area contributed by atoms with E-state index in [4.69, 9.17) is 9.15 Å². The van der Waals surface area contributed by atoms with E-state index in [1.165, 1.54) is 0 Å². The summed E-state index contributed by atoms with van der Waals surface area (Å²) in [6.07, 6.45) is 4.54. The predicted octanol–water partition coefficient (Wildman–Crippen LogP) is 2.18. The van der Waals surface area contributed by atoms with Gasteiger partial charge in [0, 0.05) is 18.4 Å². The molecule has 3 heteroatoms. The molecule has 0 amide bonds. The van der Waals surface area contributed by atoms with Crippen LogP contribution in [-0.4, -0.2) is 11.7 Å². The fourth-order valence-corrected chi connectivity index (χ4v) is 1.66. The van der Waals surface area contributed by atoms with Crippen LogP contribution in [0, 0.1) is 0 Å². The van der Waals surface area contributed by atoms with Crippen molar-refractivity contribution in [2.45, 2.75) is 25.9 Å². The van der Waals surface area contributed by atoms with Crippen molar-refractivity contribution >= 4 is 0 Å². The van der Waals surface area contributed by atoms with E-state index in [2.05, 4.69) is 0 Å². The highest BCUT2D eigenvalue weighted by molar-refractivity contribution is 5.26. The summed E-state index contributed by atoms with van der Waals surface area (Å²) in [6, 6.07) is 1.80. The van der Waals surface area contributed by atoms with Crippen LogP contribution < -0.4 is 0 Å². The summed E-state index contributed by atoms with van der Waals surface area (Å²) in [5, 5.41) is 9.97. The van der Waals surface area contributed by atoms with Gasteiger partial charge < -0.3 is 14.3 Å². The van der Waals surface area contributed by atoms with Gasteiger partial charge >= 0.3 is 0 Å². The molecule has 0 aliphatic carbocycles. The van der Waals surface area contributed by atoms with Crippen molar-refractivity contribution < 1.29 is 14.3 Å². The Kier molecular flexibility index (Phi) is 2.59. The maximum absolute atomic E-state index is 9.97. The number of furan rings is 1. The number of aliphatic hydroxyl groups is 1. The van der Waals surface area contributed by atoms with Gasteiger partial charge in [0.25, 0.3) is 0 Å². The van der Waals surface area contributed by atoms with Crippen molar-refractivity contribution in [3.05, 3.63) is 35.5 Å². The molecule has 0 saturated carbocycles. The molecule has 14 heavy (non-hydrogen) atoms. The molecule has 0 bridgehead atoms. The van der Waals surface area contributed by atoms with E-state index in [0.717, 1.165) is 24.2 Å². The molecule has 2 heterocycles. The molecule has 1 atom stereocenters. The number of ether oxygens (including phenoxy) is 1. The molecule has 1 aliphatic rings. The van der Waals surface area contributed by atoms with E-state index in [9.17, 15) is 5.11 Å². The first-order chi connectivity index (χ1) is 6.83. The minimum atomic E-state index is -0.661. The lowest BCUT2D eigenvalue weighted by molar-refractivity contribution is 0.117. The summed E-state index contributed by atoms with van der Waals surface area (Å²) >= 11 is 0. The lowest BCUT2D eigenvalue weighted by Crippen LogP contribution is -2.03. The van der Waals surface area contributed by atoms with Crippen molar-refractivity contribution in [2.75, 3.05) is 6.61 Å². The van der Waals surface area contributed by atoms with Gasteiger partial charge in [-0.05, 0) is 12.1 Å². The Morgan fingerprint density at radius 3 is 3.07 bits per heavy atom. The Hall–Kier alpha value is -1.22. The number of hydrogen-bond acceptors (Lipinski definition) is 3. The molecule has 1 aromatic rings. The second-order valence-corrected chi connectivity index (χ2v) is 3.30. The third-order valence-electron chi connectivity index (χ3n) is 2.40. The number of aliphatic hydroxyl groups excluding tert-OH is 1. The largest absolute Gasteiger partial charge is 0.495 e. The molecular formula is C11H14O3. The average molecular weight is 194 g/mol. The van der Waals surface area contributed by atoms with Crippen molar-refractivity contribution in [2.24, 2.45) is 0 Å². The first kappa shape index (κ1) is 9.34. The lowest BCUT2D eigenvalue weighted by atomic mass is 10.1. The van der Waals surface area contributed by atoms with Gasteiger partial charge in [-0.1, -0.05) is 6.92 Å². The van der Waals surface area contributed by atoms with Crippen LogP contribution >= 0.6 is 0 Å². The summed E-state index contributed by atoms with van der Waals surface area (Å²) in [4.78, 5) is 0. The fourth-order valence-electron chi connectivity index (χ4n) is 1.66. The maximum Gasteiger partial charge on any atom is 0.139 e. The van der Waals surface area contributed by atoms with Gasteiger partial charge in [0.2, 0.25) is 0 Å². The predicted molar refractivity (Wildman–Crippen MR) is 51.7 cm³/mol. The Morgan fingerprint density at radius 1 is 1.57 bits per heavy atom. The minimum absolute atomic E-state index is 0.654. The highest BCUT2D eigenvalue weighted by Gasteiger charge is 2.21. The zero-order chi connectivity index (χ0) is 9.97. The molecule has 1 aromatic heterocycles. The summed E-state index contributed by atoms with van der Waals surface area (Å²) in [7, 11) is 0. The zero-order valence-corrected chi connectivity index (χ0v) is 8.19. The molecule has 0 saturated heterocycles. The topological polar surface area (TPSA) is 42.6 Å². The third-order valence-corrected chi connectivity index (χ3v) is 2.40. The van der Waals surface area contributed by atoms with E-state index in [-0.39, 0.29) is 0 Å². The van der Waals surface area contributed by atoms with Gasteiger partial charge in [-0.25, -0.2) is 0 Å². The summed E-state index contributed by atoms with van der Waals surface area (Å²) in [5.74, 6) is 1.48. The molecular weight excluding hydrogens is 180 g/mol. The molecule has 76 valence electrons. The van der Waals surface area contributed by atoms with Gasteiger partial charge in [0.15, 0.2) is 0 Å². The van der Waals surface area contributed by atoms with Crippen LogP contribution in [0.25, 0.3) is 0 Å². The van der Waals surface area contributed by atoms with E-state index < -0.39 is 6.10 Å². The van der Waals surface area contributed by atoms with Crippen molar-refractivity contribution in [3.8, 4) is 0 Å². The Morgan fingerprint density at radius 2 is 2.43 bits per heavy atom. The minimum Gasteiger partial charge on any atom is -0.495 e. The first-order valence-corrected chi connectivity index (χ1v) is 4.90. The van der Waals surface area contributed by atoms with Gasteiger partial charge in [-0.3, -0.25) is 0 Å². The number of aryl methyl sites for hydroxylation is 1. The monoisotopic (exact) mass is 194 g/mol. The van der Waals surface area contributed by atoms with Crippen LogP contribution in [0.1, 0.15) is 30.8 Å². The summed E-state index contributed by atoms with van der Waals surface area (Å²) in [6.45, 7) is 2.67. The van der Waals surface area contributed by atoms with Crippen molar-refractivity contribution in [1.29, 1.82) is 0 Å². The average Bonchev–Trinajstić information content (AvgIpc) is 2.87. The SMILES string of the molecule is CCc1occc1C(O)C1=CCCO1. The van der Waals surface area contributed by atoms with E-state index in [1.807, 2.05) is 13.0 Å². The van der Waals surface area contributed by atoms with Crippen molar-refractivity contribution in [1.82, 2.24) is 0 Å². The van der Waals surface area contributed by atoms with E-state index >= 15 is 0 Å². The Bertz CT molecular complexity index is 338. The molecule has 1 N–H and O–H groups in total. The third kappa shape index (κ3) is 1.55. The van der Waals surface area contributed by atoms with Gasteiger partial charge in [-0.15, -0.1) is 0 Å². The zero-order valence-electron chi connectivity index (χ0n) is 8.19. The van der Waals surface area contributed by atoms with E-state index in [0.29, 0.717) is 12.4 Å². The van der Waals surface area contributed by atoms with Crippen LogP contribution in [0.15, 0.2) is 28.6 Å². The van der Waals surface area contributed by atoms with Crippen LogP contribution in [0.5, 0.6) is 0 Å². The molecule has 1 aliphatic heterocycles. The first-order valence-electron chi connectivity index (χ1n) is 4.90. The van der Waals surface area contributed by atoms with Gasteiger partial charge in [0.05, 0.1) is 12.9 Å². The Balaban J connectivity index is 2.21. The molecule has 0 radical (unpaired) electrons. The Labute approximate surface area is 83.0 Å². The van der Waals surface area contributed by atoms with Crippen LogP contribution in [0.4, 0.5) is 0 Å².